The minimum Gasteiger partial charge on any atom is -0.488 e. The van der Waals surface area contributed by atoms with E-state index in [9.17, 15) is 14.9 Å². The summed E-state index contributed by atoms with van der Waals surface area (Å²) in [7, 11) is 0. The zero-order chi connectivity index (χ0) is 24.6. The second kappa shape index (κ2) is 11.3. The lowest BCUT2D eigenvalue weighted by molar-refractivity contribution is -0.384. The zero-order valence-electron chi connectivity index (χ0n) is 18.4. The van der Waals surface area contributed by atoms with Crippen molar-refractivity contribution in [3.05, 3.63) is 111 Å². The summed E-state index contributed by atoms with van der Waals surface area (Å²) in [5, 5.41) is 16.8. The van der Waals surface area contributed by atoms with Crippen LogP contribution >= 0.6 is 15.9 Å². The Bertz CT molecular complexity index is 1390. The fraction of sp³-hybridized carbons (Fsp3) is 0.0769. The minimum absolute atomic E-state index is 0.0561. The Hall–Kier alpha value is -4.24. The first-order valence-corrected chi connectivity index (χ1v) is 11.4. The number of carbonyl (C=O) groups is 1. The Kier molecular flexibility index (Phi) is 7.69. The lowest BCUT2D eigenvalue weighted by Crippen LogP contribution is -2.24. The van der Waals surface area contributed by atoms with Gasteiger partial charge in [0, 0.05) is 22.2 Å². The molecule has 0 atom stereocenters. The van der Waals surface area contributed by atoms with Crippen molar-refractivity contribution >= 4 is 44.5 Å². The molecule has 0 spiro atoms. The second-order valence-electron chi connectivity index (χ2n) is 7.45. The number of benzene rings is 4. The number of carbonyl (C=O) groups excluding carboxylic acids is 1. The van der Waals surface area contributed by atoms with Crippen LogP contribution in [-0.4, -0.2) is 23.7 Å². The number of hydrogen-bond acceptors (Lipinski definition) is 6. The molecule has 0 saturated carbocycles. The molecule has 0 aromatic heterocycles. The molecule has 4 rings (SSSR count). The van der Waals surface area contributed by atoms with E-state index in [4.69, 9.17) is 9.47 Å². The number of nitro benzene ring substituents is 1. The highest BCUT2D eigenvalue weighted by Gasteiger charge is 2.09. The molecule has 1 N–H and O–H groups in total. The monoisotopic (exact) mass is 533 g/mol. The summed E-state index contributed by atoms with van der Waals surface area (Å²) in [6.45, 7) is 0.0744. The van der Waals surface area contributed by atoms with Crippen molar-refractivity contribution < 1.29 is 19.2 Å². The van der Waals surface area contributed by atoms with Crippen LogP contribution in [0.3, 0.4) is 0 Å². The Labute approximate surface area is 209 Å². The van der Waals surface area contributed by atoms with Crippen LogP contribution in [0.4, 0.5) is 5.69 Å². The quantitative estimate of drug-likeness (QED) is 0.171. The number of fused-ring (bicyclic) bond motifs is 1. The summed E-state index contributed by atoms with van der Waals surface area (Å²) < 4.78 is 12.4. The molecule has 0 saturated heterocycles. The average molecular weight is 534 g/mol. The molecule has 0 heterocycles. The Balaban J connectivity index is 1.43. The molecular formula is C26H20BrN3O5. The molecule has 0 radical (unpaired) electrons. The van der Waals surface area contributed by atoms with Gasteiger partial charge in [-0.05, 0) is 46.7 Å². The standard InChI is InChI=1S/C26H20BrN3O5/c27-20-6-3-4-18(14-20)16-35-25-13-8-19-5-1-2-7-23(19)24(25)15-28-29-26(31)17-34-22-11-9-21(10-12-22)30(32)33/h1-15H,16-17H2,(H,29,31). The predicted molar refractivity (Wildman–Crippen MR) is 137 cm³/mol. The molecular weight excluding hydrogens is 514 g/mol. The van der Waals surface area contributed by atoms with Crippen LogP contribution in [0.25, 0.3) is 10.8 Å². The summed E-state index contributed by atoms with van der Waals surface area (Å²) in [6.07, 6.45) is 1.54. The number of ether oxygens (including phenoxy) is 2. The van der Waals surface area contributed by atoms with E-state index in [-0.39, 0.29) is 12.3 Å². The van der Waals surface area contributed by atoms with Crippen LogP contribution in [0, 0.1) is 10.1 Å². The van der Waals surface area contributed by atoms with Crippen LogP contribution in [0.15, 0.2) is 94.5 Å². The van der Waals surface area contributed by atoms with E-state index in [2.05, 4.69) is 26.5 Å². The van der Waals surface area contributed by atoms with Crippen LogP contribution in [0.2, 0.25) is 0 Å². The van der Waals surface area contributed by atoms with Gasteiger partial charge in [0.05, 0.1) is 11.1 Å². The predicted octanol–water partition coefficient (Wildman–Crippen LogP) is 5.62. The first-order valence-electron chi connectivity index (χ1n) is 10.6. The van der Waals surface area contributed by atoms with Gasteiger partial charge in [-0.1, -0.05) is 58.4 Å². The minimum atomic E-state index is -0.505. The van der Waals surface area contributed by atoms with Gasteiger partial charge >= 0.3 is 0 Å². The van der Waals surface area contributed by atoms with E-state index in [1.54, 1.807) is 6.21 Å². The van der Waals surface area contributed by atoms with Gasteiger partial charge in [0.2, 0.25) is 0 Å². The third-order valence-electron chi connectivity index (χ3n) is 5.01. The Morgan fingerprint density at radius 3 is 2.57 bits per heavy atom. The van der Waals surface area contributed by atoms with Crippen molar-refractivity contribution in [2.24, 2.45) is 5.10 Å². The number of hydrazone groups is 1. The van der Waals surface area contributed by atoms with E-state index in [1.165, 1.54) is 24.3 Å². The number of halogens is 1. The van der Waals surface area contributed by atoms with E-state index in [0.29, 0.717) is 18.1 Å². The maximum atomic E-state index is 12.2. The summed E-state index contributed by atoms with van der Waals surface area (Å²) >= 11 is 3.47. The molecule has 0 fully saturated rings. The third kappa shape index (κ3) is 6.42. The number of nitrogens with zero attached hydrogens (tertiary/aromatic N) is 2. The maximum Gasteiger partial charge on any atom is 0.277 e. The van der Waals surface area contributed by atoms with E-state index < -0.39 is 10.8 Å². The van der Waals surface area contributed by atoms with Gasteiger partial charge in [0.1, 0.15) is 18.1 Å². The molecule has 176 valence electrons. The molecule has 4 aromatic rings. The van der Waals surface area contributed by atoms with E-state index >= 15 is 0 Å². The van der Waals surface area contributed by atoms with Crippen molar-refractivity contribution in [1.82, 2.24) is 5.43 Å². The fourth-order valence-corrected chi connectivity index (χ4v) is 3.78. The normalized spacial score (nSPS) is 10.9. The number of nitro groups is 1. The number of hydrogen-bond donors (Lipinski definition) is 1. The third-order valence-corrected chi connectivity index (χ3v) is 5.51. The van der Waals surface area contributed by atoms with Crippen molar-refractivity contribution in [3.63, 3.8) is 0 Å². The molecule has 0 aliphatic rings. The van der Waals surface area contributed by atoms with Crippen LogP contribution < -0.4 is 14.9 Å². The molecule has 8 nitrogen and oxygen atoms in total. The van der Waals surface area contributed by atoms with Crippen LogP contribution in [0.1, 0.15) is 11.1 Å². The maximum absolute atomic E-state index is 12.2. The SMILES string of the molecule is O=C(COc1ccc([N+](=O)[O-])cc1)NN=Cc1c(OCc2cccc(Br)c2)ccc2ccccc12. The molecule has 4 aromatic carbocycles. The van der Waals surface area contributed by atoms with Crippen molar-refractivity contribution in [1.29, 1.82) is 0 Å². The molecule has 35 heavy (non-hydrogen) atoms. The highest BCUT2D eigenvalue weighted by atomic mass is 79.9. The van der Waals surface area contributed by atoms with Gasteiger partial charge in [-0.25, -0.2) is 5.43 Å². The van der Waals surface area contributed by atoms with Gasteiger partial charge < -0.3 is 9.47 Å². The van der Waals surface area contributed by atoms with Crippen LogP contribution in [0.5, 0.6) is 11.5 Å². The highest BCUT2D eigenvalue weighted by Crippen LogP contribution is 2.27. The van der Waals surface area contributed by atoms with Crippen molar-refractivity contribution in [3.8, 4) is 11.5 Å². The Morgan fingerprint density at radius 2 is 1.80 bits per heavy atom. The Morgan fingerprint density at radius 1 is 1.00 bits per heavy atom. The summed E-state index contributed by atoms with van der Waals surface area (Å²) in [6, 6.07) is 25.0. The highest BCUT2D eigenvalue weighted by molar-refractivity contribution is 9.10. The first-order chi connectivity index (χ1) is 17.0. The molecule has 0 aliphatic carbocycles. The summed E-state index contributed by atoms with van der Waals surface area (Å²) in [5.41, 5.74) is 4.12. The van der Waals surface area contributed by atoms with Crippen molar-refractivity contribution in [2.45, 2.75) is 6.61 Å². The zero-order valence-corrected chi connectivity index (χ0v) is 20.0. The molecule has 0 unspecified atom stereocenters. The van der Waals surface area contributed by atoms with Crippen LogP contribution in [-0.2, 0) is 11.4 Å². The largest absolute Gasteiger partial charge is 0.488 e. The summed E-state index contributed by atoms with van der Waals surface area (Å²) in [5.74, 6) is 0.493. The topological polar surface area (TPSA) is 103 Å². The molecule has 0 aliphatic heterocycles. The molecule has 0 bridgehead atoms. The number of non-ortho nitro benzene ring substituents is 1. The van der Waals surface area contributed by atoms with Gasteiger partial charge in [-0.15, -0.1) is 0 Å². The van der Waals surface area contributed by atoms with Crippen molar-refractivity contribution in [2.75, 3.05) is 6.61 Å². The lowest BCUT2D eigenvalue weighted by Gasteiger charge is -2.12. The number of nitrogens with one attached hydrogen (secondary N) is 1. The molecule has 1 amide bonds. The number of amides is 1. The first kappa shape index (κ1) is 23.9. The van der Waals surface area contributed by atoms with Gasteiger partial charge in [0.25, 0.3) is 11.6 Å². The van der Waals surface area contributed by atoms with Gasteiger partial charge in [-0.2, -0.15) is 5.10 Å². The smallest absolute Gasteiger partial charge is 0.277 e. The number of rotatable bonds is 9. The van der Waals surface area contributed by atoms with E-state index in [0.717, 1.165) is 26.4 Å². The lowest BCUT2D eigenvalue weighted by atomic mass is 10.0. The average Bonchev–Trinajstić information content (AvgIpc) is 2.87. The van der Waals surface area contributed by atoms with Gasteiger partial charge in [0.15, 0.2) is 6.61 Å². The van der Waals surface area contributed by atoms with Gasteiger partial charge in [-0.3, -0.25) is 14.9 Å². The fourth-order valence-electron chi connectivity index (χ4n) is 3.34. The second-order valence-corrected chi connectivity index (χ2v) is 8.37. The van der Waals surface area contributed by atoms with E-state index in [1.807, 2.05) is 60.7 Å². The summed E-state index contributed by atoms with van der Waals surface area (Å²) in [4.78, 5) is 22.4. The molecule has 9 heteroatoms.